The molecular weight excluding hydrogens is 605 g/mol. The Labute approximate surface area is 253 Å². The van der Waals surface area contributed by atoms with E-state index in [4.69, 9.17) is 30.5 Å². The van der Waals surface area contributed by atoms with Crippen LogP contribution >= 0.6 is 22.9 Å². The van der Waals surface area contributed by atoms with E-state index in [9.17, 15) is 22.8 Å². The molecule has 3 heterocycles. The third kappa shape index (κ3) is 6.05. The van der Waals surface area contributed by atoms with Gasteiger partial charge in [0.25, 0.3) is 5.56 Å². The summed E-state index contributed by atoms with van der Waals surface area (Å²) in [7, 11) is 1.48. The highest BCUT2D eigenvalue weighted by Crippen LogP contribution is 2.38. The van der Waals surface area contributed by atoms with Gasteiger partial charge in [-0.3, -0.25) is 9.36 Å². The highest BCUT2D eigenvalue weighted by molar-refractivity contribution is 7.07. The van der Waals surface area contributed by atoms with Crippen molar-refractivity contribution >= 4 is 35.0 Å². The van der Waals surface area contributed by atoms with Crippen LogP contribution in [0.3, 0.4) is 0 Å². The molecule has 0 bridgehead atoms. The van der Waals surface area contributed by atoms with Gasteiger partial charge in [-0.05, 0) is 55.8 Å². The SMILES string of the molecule is CCCC1=C(C(=O)OCC)[C@H](c2cc(Cl)ccc2OC)n2c(s/c(=C/c3ccc(-c4cccc(C(F)(F)F)c4)o3)c2=O)=N1. The second-order valence-electron chi connectivity index (χ2n) is 9.58. The lowest BCUT2D eigenvalue weighted by atomic mass is 9.93. The summed E-state index contributed by atoms with van der Waals surface area (Å²) in [4.78, 5) is 32.4. The van der Waals surface area contributed by atoms with E-state index in [1.54, 1.807) is 31.2 Å². The van der Waals surface area contributed by atoms with Gasteiger partial charge in [0.1, 0.15) is 23.3 Å². The van der Waals surface area contributed by atoms with E-state index >= 15 is 0 Å². The van der Waals surface area contributed by atoms with Crippen molar-refractivity contribution in [2.45, 2.75) is 38.9 Å². The number of fused-ring (bicyclic) bond motifs is 1. The Hall–Kier alpha value is -4.09. The molecule has 12 heteroatoms. The quantitative estimate of drug-likeness (QED) is 0.207. The van der Waals surface area contributed by atoms with Crippen molar-refractivity contribution in [1.29, 1.82) is 0 Å². The zero-order valence-corrected chi connectivity index (χ0v) is 24.9. The standard InChI is InChI=1S/C31H26ClF3N2O5S/c1-4-7-22-26(29(39)41-5-2)27(21-15-19(32)10-12-24(21)40-3)37-28(38)25(43-30(37)36-22)16-20-11-13-23(42-20)17-8-6-9-18(14-17)31(33,34)35/h6,8-16,27H,4-5,7H2,1-3H3/b25-16+/t27-/m0/s1. The average Bonchev–Trinajstić information content (AvgIpc) is 3.56. The number of carbonyl (C=O) groups excluding carboxylic acids is 1. The van der Waals surface area contributed by atoms with Crippen LogP contribution in [0.2, 0.25) is 5.02 Å². The van der Waals surface area contributed by atoms with Gasteiger partial charge in [-0.1, -0.05) is 48.4 Å². The van der Waals surface area contributed by atoms with Crippen molar-refractivity contribution in [3.63, 3.8) is 0 Å². The van der Waals surface area contributed by atoms with E-state index in [2.05, 4.69) is 0 Å². The van der Waals surface area contributed by atoms with Crippen LogP contribution in [-0.4, -0.2) is 24.3 Å². The van der Waals surface area contributed by atoms with E-state index in [1.165, 1.54) is 36.0 Å². The number of allylic oxidation sites excluding steroid dienone is 1. The molecule has 0 unspecified atom stereocenters. The van der Waals surface area contributed by atoms with Gasteiger partial charge in [0.15, 0.2) is 4.80 Å². The maximum Gasteiger partial charge on any atom is 0.416 e. The van der Waals surface area contributed by atoms with Crippen molar-refractivity contribution in [3.8, 4) is 17.1 Å². The number of methoxy groups -OCH3 is 1. The molecule has 0 spiro atoms. The van der Waals surface area contributed by atoms with Crippen LogP contribution < -0.4 is 19.6 Å². The number of furan rings is 1. The molecule has 7 nitrogen and oxygen atoms in total. The number of hydrogen-bond donors (Lipinski definition) is 0. The van der Waals surface area contributed by atoms with Crippen LogP contribution in [0.15, 0.2) is 80.1 Å². The number of aromatic nitrogens is 1. The monoisotopic (exact) mass is 630 g/mol. The van der Waals surface area contributed by atoms with Gasteiger partial charge in [-0.2, -0.15) is 13.2 Å². The Kier molecular flexibility index (Phi) is 8.66. The largest absolute Gasteiger partial charge is 0.496 e. The van der Waals surface area contributed by atoms with Crippen LogP contribution in [0.25, 0.3) is 17.4 Å². The molecule has 0 amide bonds. The molecule has 5 rings (SSSR count). The maximum absolute atomic E-state index is 14.0. The molecule has 0 radical (unpaired) electrons. The molecule has 4 aromatic rings. The molecule has 2 aromatic carbocycles. The first-order valence-electron chi connectivity index (χ1n) is 13.4. The number of alkyl halides is 3. The molecule has 0 aliphatic carbocycles. The minimum Gasteiger partial charge on any atom is -0.496 e. The summed E-state index contributed by atoms with van der Waals surface area (Å²) in [5.41, 5.74) is 0.183. The van der Waals surface area contributed by atoms with Crippen molar-refractivity contribution in [2.24, 2.45) is 4.99 Å². The molecule has 1 aliphatic heterocycles. The van der Waals surface area contributed by atoms with E-state index < -0.39 is 29.3 Å². The van der Waals surface area contributed by atoms with Crippen molar-refractivity contribution in [2.75, 3.05) is 13.7 Å². The number of carbonyl (C=O) groups is 1. The summed E-state index contributed by atoms with van der Waals surface area (Å²) < 4.78 is 58.2. The summed E-state index contributed by atoms with van der Waals surface area (Å²) in [6.07, 6.45) is -1.86. The molecule has 0 fully saturated rings. The molecule has 224 valence electrons. The minimum absolute atomic E-state index is 0.123. The Morgan fingerprint density at radius 3 is 2.65 bits per heavy atom. The van der Waals surface area contributed by atoms with Crippen LogP contribution in [0.1, 0.15) is 49.6 Å². The zero-order chi connectivity index (χ0) is 30.9. The first-order chi connectivity index (χ1) is 20.5. The third-order valence-corrected chi connectivity index (χ3v) is 7.97. The summed E-state index contributed by atoms with van der Waals surface area (Å²) in [6.45, 7) is 3.77. The summed E-state index contributed by atoms with van der Waals surface area (Å²) >= 11 is 7.47. The van der Waals surface area contributed by atoms with Crippen LogP contribution in [-0.2, 0) is 15.7 Å². The van der Waals surface area contributed by atoms with Gasteiger partial charge in [-0.25, -0.2) is 9.79 Å². The van der Waals surface area contributed by atoms with Crippen LogP contribution in [0, 0.1) is 0 Å². The van der Waals surface area contributed by atoms with Gasteiger partial charge in [0.2, 0.25) is 0 Å². The molecular formula is C31H26ClF3N2O5S. The number of esters is 1. The molecule has 43 heavy (non-hydrogen) atoms. The molecule has 2 aromatic heterocycles. The first kappa shape index (κ1) is 30.4. The summed E-state index contributed by atoms with van der Waals surface area (Å²) in [6, 6.07) is 11.9. The fraction of sp³-hybridized carbons (Fsp3) is 0.258. The van der Waals surface area contributed by atoms with Gasteiger partial charge in [-0.15, -0.1) is 0 Å². The van der Waals surface area contributed by atoms with Gasteiger partial charge in [0.05, 0.1) is 35.1 Å². The minimum atomic E-state index is -4.50. The lowest BCUT2D eigenvalue weighted by Crippen LogP contribution is -2.40. The average molecular weight is 631 g/mol. The van der Waals surface area contributed by atoms with Crippen LogP contribution in [0.5, 0.6) is 5.75 Å². The van der Waals surface area contributed by atoms with Crippen LogP contribution in [0.4, 0.5) is 13.2 Å². The maximum atomic E-state index is 14.0. The Morgan fingerprint density at radius 1 is 1.16 bits per heavy atom. The highest BCUT2D eigenvalue weighted by atomic mass is 35.5. The Balaban J connectivity index is 1.68. The lowest BCUT2D eigenvalue weighted by molar-refractivity contribution is -0.139. The number of benzene rings is 2. The number of rotatable bonds is 8. The number of hydrogen-bond acceptors (Lipinski definition) is 7. The number of nitrogens with zero attached hydrogens (tertiary/aromatic N) is 2. The number of halogens is 4. The second-order valence-corrected chi connectivity index (χ2v) is 11.0. The number of ether oxygens (including phenoxy) is 2. The second kappa shape index (κ2) is 12.3. The Bertz CT molecular complexity index is 1900. The first-order valence-corrected chi connectivity index (χ1v) is 14.6. The lowest BCUT2D eigenvalue weighted by Gasteiger charge is -2.27. The molecule has 1 aliphatic rings. The predicted molar refractivity (Wildman–Crippen MR) is 157 cm³/mol. The molecule has 1 atom stereocenters. The topological polar surface area (TPSA) is 83.0 Å². The third-order valence-electron chi connectivity index (χ3n) is 6.75. The molecule has 0 saturated heterocycles. The van der Waals surface area contributed by atoms with Crippen molar-refractivity contribution in [3.05, 3.63) is 107 Å². The summed E-state index contributed by atoms with van der Waals surface area (Å²) in [5, 5.41) is 0.382. The normalized spacial score (nSPS) is 15.3. The zero-order valence-electron chi connectivity index (χ0n) is 23.3. The van der Waals surface area contributed by atoms with Gasteiger partial charge >= 0.3 is 12.1 Å². The smallest absolute Gasteiger partial charge is 0.416 e. The highest BCUT2D eigenvalue weighted by Gasteiger charge is 2.36. The fourth-order valence-corrected chi connectivity index (χ4v) is 6.08. The van der Waals surface area contributed by atoms with E-state index in [0.717, 1.165) is 23.5 Å². The fourth-order valence-electron chi connectivity index (χ4n) is 4.90. The predicted octanol–water partition coefficient (Wildman–Crippen LogP) is 6.52. The van der Waals surface area contributed by atoms with E-state index in [1.807, 2.05) is 6.92 Å². The van der Waals surface area contributed by atoms with Crippen molar-refractivity contribution < 1.29 is 31.9 Å². The van der Waals surface area contributed by atoms with E-state index in [0.29, 0.717) is 39.7 Å². The molecule has 0 saturated carbocycles. The van der Waals surface area contributed by atoms with E-state index in [-0.39, 0.29) is 33.8 Å². The summed E-state index contributed by atoms with van der Waals surface area (Å²) in [5.74, 6) is 0.280. The van der Waals surface area contributed by atoms with Gasteiger partial charge < -0.3 is 13.9 Å². The molecule has 0 N–H and O–H groups in total. The number of thiazole rings is 1. The van der Waals surface area contributed by atoms with Crippen molar-refractivity contribution in [1.82, 2.24) is 4.57 Å². The van der Waals surface area contributed by atoms with Gasteiger partial charge in [0, 0.05) is 22.2 Å². The Morgan fingerprint density at radius 2 is 1.95 bits per heavy atom.